The molecule has 0 spiro atoms. The molecule has 0 bridgehead atoms. The lowest BCUT2D eigenvalue weighted by molar-refractivity contribution is 0.623. The van der Waals surface area contributed by atoms with Crippen molar-refractivity contribution in [2.75, 3.05) is 0 Å². The highest BCUT2D eigenvalue weighted by Gasteiger charge is 2.17. The minimum atomic E-state index is -0.297. The Labute approximate surface area is 126 Å². The number of hydrogen-bond donors (Lipinski definition) is 0. The summed E-state index contributed by atoms with van der Waals surface area (Å²) in [4.78, 5) is 4.50. The van der Waals surface area contributed by atoms with E-state index in [0.717, 1.165) is 17.9 Å². The highest BCUT2D eigenvalue weighted by Crippen LogP contribution is 2.25. The van der Waals surface area contributed by atoms with Gasteiger partial charge in [0, 0.05) is 6.54 Å². The van der Waals surface area contributed by atoms with E-state index in [2.05, 4.69) is 15.2 Å². The molecule has 3 rings (SSSR count). The molecule has 21 heavy (non-hydrogen) atoms. The molecule has 0 saturated carbocycles. The standard InChI is InChI=1S/C14H15ClFN5/c1-3-20-8-17-19-13(20)7-21-12-6-10(16)4-5-11(12)18-14(21)9(2)15/h4-6,8-9H,3,7H2,1-2H3. The summed E-state index contributed by atoms with van der Waals surface area (Å²) in [6, 6.07) is 4.53. The first kappa shape index (κ1) is 14.0. The molecule has 5 nitrogen and oxygen atoms in total. The summed E-state index contributed by atoms with van der Waals surface area (Å²) in [7, 11) is 0. The predicted molar refractivity (Wildman–Crippen MR) is 78.8 cm³/mol. The number of hydrogen-bond acceptors (Lipinski definition) is 3. The summed E-state index contributed by atoms with van der Waals surface area (Å²) in [5.41, 5.74) is 1.43. The summed E-state index contributed by atoms with van der Waals surface area (Å²) in [5, 5.41) is 7.76. The van der Waals surface area contributed by atoms with Crippen LogP contribution in [-0.4, -0.2) is 24.3 Å². The van der Waals surface area contributed by atoms with Crippen molar-refractivity contribution >= 4 is 22.6 Å². The SMILES string of the molecule is CCn1cnnc1Cn1c(C(C)Cl)nc2ccc(F)cc21. The van der Waals surface area contributed by atoms with Crippen molar-refractivity contribution in [2.24, 2.45) is 0 Å². The van der Waals surface area contributed by atoms with E-state index in [1.807, 2.05) is 23.0 Å². The first-order valence-corrected chi connectivity index (χ1v) is 7.20. The average Bonchev–Trinajstić information content (AvgIpc) is 3.04. The number of fused-ring (bicyclic) bond motifs is 1. The van der Waals surface area contributed by atoms with Gasteiger partial charge >= 0.3 is 0 Å². The molecule has 3 aromatic rings. The van der Waals surface area contributed by atoms with Crippen LogP contribution >= 0.6 is 11.6 Å². The van der Waals surface area contributed by atoms with Gasteiger partial charge in [-0.25, -0.2) is 9.37 Å². The first-order chi connectivity index (χ1) is 10.1. The topological polar surface area (TPSA) is 48.5 Å². The van der Waals surface area contributed by atoms with Gasteiger partial charge in [0.1, 0.15) is 18.0 Å². The fourth-order valence-corrected chi connectivity index (χ4v) is 2.56. The van der Waals surface area contributed by atoms with E-state index in [9.17, 15) is 4.39 Å². The van der Waals surface area contributed by atoms with Crippen molar-refractivity contribution in [3.8, 4) is 0 Å². The van der Waals surface area contributed by atoms with Gasteiger partial charge < -0.3 is 9.13 Å². The molecule has 0 aliphatic heterocycles. The monoisotopic (exact) mass is 307 g/mol. The van der Waals surface area contributed by atoms with E-state index in [4.69, 9.17) is 11.6 Å². The van der Waals surface area contributed by atoms with Crippen molar-refractivity contribution in [3.05, 3.63) is 42.0 Å². The van der Waals surface area contributed by atoms with Crippen LogP contribution in [0.15, 0.2) is 24.5 Å². The van der Waals surface area contributed by atoms with Crippen molar-refractivity contribution < 1.29 is 4.39 Å². The Morgan fingerprint density at radius 1 is 1.38 bits per heavy atom. The maximum Gasteiger partial charge on any atom is 0.152 e. The number of nitrogens with zero attached hydrogens (tertiary/aromatic N) is 5. The maximum absolute atomic E-state index is 13.5. The molecule has 2 aromatic heterocycles. The second-order valence-electron chi connectivity index (χ2n) is 4.84. The third kappa shape index (κ3) is 2.51. The Kier molecular flexibility index (Phi) is 3.63. The summed E-state index contributed by atoms with van der Waals surface area (Å²) in [6.45, 7) is 5.10. The van der Waals surface area contributed by atoms with Crippen LogP contribution in [0.3, 0.4) is 0 Å². The Morgan fingerprint density at radius 2 is 2.19 bits per heavy atom. The van der Waals surface area contributed by atoms with Gasteiger partial charge in [-0.15, -0.1) is 21.8 Å². The van der Waals surface area contributed by atoms with Crippen LogP contribution in [0.1, 0.15) is 30.9 Å². The third-order valence-electron chi connectivity index (χ3n) is 3.43. The Hall–Kier alpha value is -1.95. The molecular weight excluding hydrogens is 293 g/mol. The first-order valence-electron chi connectivity index (χ1n) is 6.76. The smallest absolute Gasteiger partial charge is 0.152 e. The Morgan fingerprint density at radius 3 is 2.90 bits per heavy atom. The van der Waals surface area contributed by atoms with E-state index in [1.165, 1.54) is 12.1 Å². The fourth-order valence-electron chi connectivity index (χ4n) is 2.39. The van der Waals surface area contributed by atoms with E-state index < -0.39 is 0 Å². The second-order valence-corrected chi connectivity index (χ2v) is 5.49. The largest absolute Gasteiger partial charge is 0.319 e. The number of halogens is 2. The number of rotatable bonds is 4. The van der Waals surface area contributed by atoms with Gasteiger partial charge in [0.05, 0.1) is 23.0 Å². The lowest BCUT2D eigenvalue weighted by Crippen LogP contribution is -2.11. The highest BCUT2D eigenvalue weighted by atomic mass is 35.5. The molecule has 0 radical (unpaired) electrons. The molecular formula is C14H15ClFN5. The second kappa shape index (κ2) is 5.44. The van der Waals surface area contributed by atoms with Crippen molar-refractivity contribution in [1.82, 2.24) is 24.3 Å². The van der Waals surface area contributed by atoms with Crippen molar-refractivity contribution in [2.45, 2.75) is 32.3 Å². The normalized spacial score (nSPS) is 13.0. The molecule has 0 N–H and O–H groups in total. The number of aryl methyl sites for hydroxylation is 1. The quantitative estimate of drug-likeness (QED) is 0.696. The molecule has 7 heteroatoms. The van der Waals surface area contributed by atoms with Crippen LogP contribution in [0, 0.1) is 5.82 Å². The average molecular weight is 308 g/mol. The summed E-state index contributed by atoms with van der Waals surface area (Å²) in [5.74, 6) is 1.19. The Balaban J connectivity index is 2.15. The molecule has 1 aromatic carbocycles. The lowest BCUT2D eigenvalue weighted by atomic mass is 10.3. The summed E-state index contributed by atoms with van der Waals surface area (Å²) < 4.78 is 17.4. The van der Waals surface area contributed by atoms with E-state index >= 15 is 0 Å². The van der Waals surface area contributed by atoms with Gasteiger partial charge in [-0.2, -0.15) is 0 Å². The maximum atomic E-state index is 13.5. The molecule has 2 heterocycles. The molecule has 0 amide bonds. The predicted octanol–water partition coefficient (Wildman–Crippen LogP) is 3.13. The van der Waals surface area contributed by atoms with Gasteiger partial charge in [0.2, 0.25) is 0 Å². The zero-order valence-electron chi connectivity index (χ0n) is 11.8. The molecule has 0 aliphatic rings. The molecule has 0 fully saturated rings. The van der Waals surface area contributed by atoms with Gasteiger partial charge in [-0.05, 0) is 32.0 Å². The van der Waals surface area contributed by atoms with Crippen LogP contribution in [0.25, 0.3) is 11.0 Å². The minimum absolute atomic E-state index is 0.279. The number of alkyl halides is 1. The molecule has 110 valence electrons. The molecule has 0 saturated heterocycles. The summed E-state index contributed by atoms with van der Waals surface area (Å²) in [6.07, 6.45) is 1.68. The van der Waals surface area contributed by atoms with Crippen LogP contribution in [-0.2, 0) is 13.1 Å². The van der Waals surface area contributed by atoms with Crippen LogP contribution in [0.5, 0.6) is 0 Å². The minimum Gasteiger partial charge on any atom is -0.319 e. The third-order valence-corrected chi connectivity index (χ3v) is 3.63. The fraction of sp³-hybridized carbons (Fsp3) is 0.357. The van der Waals surface area contributed by atoms with Crippen molar-refractivity contribution in [3.63, 3.8) is 0 Å². The highest BCUT2D eigenvalue weighted by molar-refractivity contribution is 6.20. The number of imidazole rings is 1. The summed E-state index contributed by atoms with van der Waals surface area (Å²) >= 11 is 6.21. The van der Waals surface area contributed by atoms with Crippen LogP contribution in [0.2, 0.25) is 0 Å². The Bertz CT molecular complexity index is 777. The number of aromatic nitrogens is 5. The molecule has 1 atom stereocenters. The zero-order valence-corrected chi connectivity index (χ0v) is 12.5. The van der Waals surface area contributed by atoms with Gasteiger partial charge in [0.25, 0.3) is 0 Å². The van der Waals surface area contributed by atoms with Crippen LogP contribution in [0.4, 0.5) is 4.39 Å². The van der Waals surface area contributed by atoms with Gasteiger partial charge in [0.15, 0.2) is 5.82 Å². The van der Waals surface area contributed by atoms with Gasteiger partial charge in [-0.3, -0.25) is 0 Å². The van der Waals surface area contributed by atoms with E-state index in [0.29, 0.717) is 17.9 Å². The van der Waals surface area contributed by atoms with Gasteiger partial charge in [-0.1, -0.05) is 0 Å². The lowest BCUT2D eigenvalue weighted by Gasteiger charge is -2.10. The van der Waals surface area contributed by atoms with Crippen LogP contribution < -0.4 is 0 Å². The van der Waals surface area contributed by atoms with E-state index in [1.54, 1.807) is 12.4 Å². The number of benzene rings is 1. The zero-order chi connectivity index (χ0) is 15.0. The molecule has 0 aliphatic carbocycles. The van der Waals surface area contributed by atoms with Crippen molar-refractivity contribution in [1.29, 1.82) is 0 Å². The molecule has 1 unspecified atom stereocenters. The van der Waals surface area contributed by atoms with E-state index in [-0.39, 0.29) is 11.2 Å².